The lowest BCUT2D eigenvalue weighted by Gasteiger charge is -2.17. The summed E-state index contributed by atoms with van der Waals surface area (Å²) in [5, 5.41) is 10.7. The predicted molar refractivity (Wildman–Crippen MR) is 106 cm³/mol. The van der Waals surface area contributed by atoms with Crippen LogP contribution in [0.1, 0.15) is 16.9 Å². The third-order valence-corrected chi connectivity index (χ3v) is 5.10. The molecule has 2 aromatic carbocycles. The molecule has 0 spiro atoms. The van der Waals surface area contributed by atoms with Crippen molar-refractivity contribution in [1.82, 2.24) is 15.1 Å². The Morgan fingerprint density at radius 3 is 2.69 bits per heavy atom. The Kier molecular flexibility index (Phi) is 4.75. The maximum absolute atomic E-state index is 12.8. The van der Waals surface area contributed by atoms with Crippen LogP contribution in [0.5, 0.6) is 0 Å². The first-order chi connectivity index (χ1) is 12.7. The molecule has 1 aliphatic heterocycles. The molecule has 3 aromatic rings. The van der Waals surface area contributed by atoms with Gasteiger partial charge in [0.25, 0.3) is 5.91 Å². The Hall–Kier alpha value is -2.60. The number of hydrogen-bond acceptors (Lipinski definition) is 3. The Morgan fingerprint density at radius 2 is 1.92 bits per heavy atom. The number of nitrogens with one attached hydrogen (secondary N) is 2. The second kappa shape index (κ2) is 7.33. The van der Waals surface area contributed by atoms with Gasteiger partial charge in [-0.25, -0.2) is 0 Å². The number of para-hydroxylation sites is 1. The van der Waals surface area contributed by atoms with Gasteiger partial charge in [0.2, 0.25) is 0 Å². The predicted octanol–water partition coefficient (Wildman–Crippen LogP) is 4.17. The summed E-state index contributed by atoms with van der Waals surface area (Å²) in [6, 6.07) is 20.1. The lowest BCUT2D eigenvalue weighted by molar-refractivity contribution is 0.0786. The van der Waals surface area contributed by atoms with E-state index in [1.165, 1.54) is 0 Å². The average molecular weight is 411 g/mol. The zero-order valence-electron chi connectivity index (χ0n) is 14.2. The molecule has 132 valence electrons. The number of rotatable bonds is 4. The number of hydrogen-bond donors (Lipinski definition) is 2. The Bertz CT molecular complexity index is 892. The summed E-state index contributed by atoms with van der Waals surface area (Å²) in [5.41, 5.74) is 3.38. The third-order valence-electron chi connectivity index (χ3n) is 4.57. The number of aromatic nitrogens is 2. The number of amides is 1. The van der Waals surface area contributed by atoms with Crippen molar-refractivity contribution < 1.29 is 4.79 Å². The summed E-state index contributed by atoms with van der Waals surface area (Å²) in [6.07, 6.45) is 0.939. The van der Waals surface area contributed by atoms with Gasteiger partial charge in [-0.2, -0.15) is 5.10 Å². The van der Waals surface area contributed by atoms with E-state index in [0.29, 0.717) is 12.2 Å². The molecule has 1 atom stereocenters. The molecule has 26 heavy (non-hydrogen) atoms. The molecule has 0 radical (unpaired) electrons. The number of anilines is 1. The van der Waals surface area contributed by atoms with Crippen LogP contribution < -0.4 is 5.32 Å². The highest BCUT2D eigenvalue weighted by Gasteiger charge is 2.28. The fourth-order valence-electron chi connectivity index (χ4n) is 3.20. The molecule has 4 rings (SSSR count). The van der Waals surface area contributed by atoms with Crippen LogP contribution in [-0.2, 0) is 0 Å². The zero-order valence-corrected chi connectivity index (χ0v) is 15.7. The van der Waals surface area contributed by atoms with Gasteiger partial charge in [-0.3, -0.25) is 9.89 Å². The molecule has 1 amide bonds. The van der Waals surface area contributed by atoms with Crippen molar-refractivity contribution in [3.8, 4) is 11.3 Å². The molecule has 0 bridgehead atoms. The SMILES string of the molecule is O=C(c1cc(-c2ccc(Br)cc2)n[nH]1)N1CCC(Nc2ccccc2)C1. The van der Waals surface area contributed by atoms with Crippen LogP contribution in [0.25, 0.3) is 11.3 Å². The van der Waals surface area contributed by atoms with Gasteiger partial charge >= 0.3 is 0 Å². The summed E-state index contributed by atoms with van der Waals surface area (Å²) in [5.74, 6) is -0.00165. The maximum Gasteiger partial charge on any atom is 0.271 e. The largest absolute Gasteiger partial charge is 0.380 e. The van der Waals surface area contributed by atoms with E-state index in [9.17, 15) is 4.79 Å². The zero-order chi connectivity index (χ0) is 17.9. The molecule has 0 saturated carbocycles. The van der Waals surface area contributed by atoms with Crippen LogP contribution in [0, 0.1) is 0 Å². The molecule has 1 fully saturated rings. The van der Waals surface area contributed by atoms with Gasteiger partial charge in [0.05, 0.1) is 5.69 Å². The van der Waals surface area contributed by atoms with Crippen LogP contribution in [-0.4, -0.2) is 40.1 Å². The van der Waals surface area contributed by atoms with E-state index in [-0.39, 0.29) is 11.9 Å². The fraction of sp³-hybridized carbons (Fsp3) is 0.200. The maximum atomic E-state index is 12.8. The highest BCUT2D eigenvalue weighted by atomic mass is 79.9. The van der Waals surface area contributed by atoms with Crippen LogP contribution in [0.2, 0.25) is 0 Å². The molecule has 2 N–H and O–H groups in total. The molecule has 1 saturated heterocycles. The number of likely N-dealkylation sites (tertiary alicyclic amines) is 1. The van der Waals surface area contributed by atoms with Gasteiger partial charge < -0.3 is 10.2 Å². The summed E-state index contributed by atoms with van der Waals surface area (Å²) < 4.78 is 1.02. The number of nitrogens with zero attached hydrogens (tertiary/aromatic N) is 2. The number of H-pyrrole nitrogens is 1. The molecule has 6 heteroatoms. The number of carbonyl (C=O) groups is 1. The van der Waals surface area contributed by atoms with Gasteiger partial charge in [-0.15, -0.1) is 0 Å². The summed E-state index contributed by atoms with van der Waals surface area (Å²) in [7, 11) is 0. The van der Waals surface area contributed by atoms with E-state index >= 15 is 0 Å². The smallest absolute Gasteiger partial charge is 0.271 e. The van der Waals surface area contributed by atoms with Crippen molar-refractivity contribution in [2.45, 2.75) is 12.5 Å². The number of halogens is 1. The van der Waals surface area contributed by atoms with Gasteiger partial charge in [-0.1, -0.05) is 46.3 Å². The van der Waals surface area contributed by atoms with E-state index < -0.39 is 0 Å². The van der Waals surface area contributed by atoms with Crippen LogP contribution >= 0.6 is 15.9 Å². The Labute approximate surface area is 160 Å². The van der Waals surface area contributed by atoms with Crippen LogP contribution in [0.15, 0.2) is 65.1 Å². The highest BCUT2D eigenvalue weighted by molar-refractivity contribution is 9.10. The van der Waals surface area contributed by atoms with Gasteiger partial charge in [0.15, 0.2) is 0 Å². The van der Waals surface area contributed by atoms with Crippen LogP contribution in [0.3, 0.4) is 0 Å². The van der Waals surface area contributed by atoms with Crippen molar-refractivity contribution in [2.24, 2.45) is 0 Å². The molecule has 0 aliphatic carbocycles. The minimum Gasteiger partial charge on any atom is -0.380 e. The monoisotopic (exact) mass is 410 g/mol. The van der Waals surface area contributed by atoms with E-state index in [1.54, 1.807) is 0 Å². The summed E-state index contributed by atoms with van der Waals surface area (Å²) in [6.45, 7) is 1.44. The third kappa shape index (κ3) is 3.65. The summed E-state index contributed by atoms with van der Waals surface area (Å²) in [4.78, 5) is 14.6. The lowest BCUT2D eigenvalue weighted by atomic mass is 10.1. The van der Waals surface area contributed by atoms with Crippen molar-refractivity contribution in [1.29, 1.82) is 0 Å². The molecular weight excluding hydrogens is 392 g/mol. The first-order valence-electron chi connectivity index (χ1n) is 8.61. The Balaban J connectivity index is 1.41. The first-order valence-corrected chi connectivity index (χ1v) is 9.40. The van der Waals surface area contributed by atoms with Gasteiger partial charge in [-0.05, 0) is 36.8 Å². The molecular formula is C20H19BrN4O. The first kappa shape index (κ1) is 16.8. The van der Waals surface area contributed by atoms with Crippen molar-refractivity contribution in [3.63, 3.8) is 0 Å². The summed E-state index contributed by atoms with van der Waals surface area (Å²) >= 11 is 3.43. The molecule has 1 unspecified atom stereocenters. The van der Waals surface area contributed by atoms with E-state index in [2.05, 4.69) is 31.4 Å². The highest BCUT2D eigenvalue weighted by Crippen LogP contribution is 2.22. The molecule has 2 heterocycles. The van der Waals surface area contributed by atoms with E-state index in [0.717, 1.165) is 34.4 Å². The number of carbonyl (C=O) groups excluding carboxylic acids is 1. The van der Waals surface area contributed by atoms with Crippen molar-refractivity contribution in [3.05, 3.63) is 70.8 Å². The lowest BCUT2D eigenvalue weighted by Crippen LogP contribution is -2.31. The quantitative estimate of drug-likeness (QED) is 0.678. The van der Waals surface area contributed by atoms with Gasteiger partial charge in [0.1, 0.15) is 5.69 Å². The number of benzene rings is 2. The minimum absolute atomic E-state index is 0.00165. The minimum atomic E-state index is -0.00165. The molecule has 1 aromatic heterocycles. The van der Waals surface area contributed by atoms with Gasteiger partial charge in [0, 0.05) is 34.9 Å². The topological polar surface area (TPSA) is 61.0 Å². The van der Waals surface area contributed by atoms with Crippen molar-refractivity contribution >= 4 is 27.5 Å². The van der Waals surface area contributed by atoms with Crippen LogP contribution in [0.4, 0.5) is 5.69 Å². The molecule has 5 nitrogen and oxygen atoms in total. The standard InChI is InChI=1S/C20H19BrN4O/c21-15-8-6-14(7-9-15)18-12-19(24-23-18)20(26)25-11-10-17(13-25)22-16-4-2-1-3-5-16/h1-9,12,17,22H,10-11,13H2,(H,23,24). The van der Waals surface area contributed by atoms with E-state index in [1.807, 2.05) is 65.6 Å². The second-order valence-corrected chi connectivity index (χ2v) is 7.34. The number of aromatic amines is 1. The van der Waals surface area contributed by atoms with Crippen molar-refractivity contribution in [2.75, 3.05) is 18.4 Å². The van der Waals surface area contributed by atoms with E-state index in [4.69, 9.17) is 0 Å². The normalized spacial score (nSPS) is 16.7. The fourth-order valence-corrected chi connectivity index (χ4v) is 3.47. The molecule has 1 aliphatic rings. The second-order valence-electron chi connectivity index (χ2n) is 6.42. The average Bonchev–Trinajstić information content (AvgIpc) is 3.33. The Morgan fingerprint density at radius 1 is 1.15 bits per heavy atom.